The average Bonchev–Trinajstić information content (AvgIpc) is 2.62. The molecule has 4 nitrogen and oxygen atoms in total. The highest BCUT2D eigenvalue weighted by atomic mass is 79.9. The number of pyridine rings is 1. The van der Waals surface area contributed by atoms with Gasteiger partial charge in [-0.1, -0.05) is 28.1 Å². The van der Waals surface area contributed by atoms with Gasteiger partial charge in [-0.3, -0.25) is 4.79 Å². The van der Waals surface area contributed by atoms with E-state index in [1.54, 1.807) is 19.9 Å². The molecule has 1 heterocycles. The van der Waals surface area contributed by atoms with Crippen molar-refractivity contribution in [1.82, 2.24) is 4.98 Å². The molecule has 0 aliphatic heterocycles. The van der Waals surface area contributed by atoms with Crippen molar-refractivity contribution >= 4 is 32.8 Å². The lowest BCUT2D eigenvalue weighted by Gasteiger charge is -2.24. The fourth-order valence-corrected chi connectivity index (χ4v) is 3.49. The molecule has 0 radical (unpaired) electrons. The minimum absolute atomic E-state index is 0.0770. The van der Waals surface area contributed by atoms with Crippen molar-refractivity contribution in [3.63, 3.8) is 0 Å². The summed E-state index contributed by atoms with van der Waals surface area (Å²) in [4.78, 5) is 16.6. The third-order valence-electron chi connectivity index (χ3n) is 4.44. The first-order valence-corrected chi connectivity index (χ1v) is 9.86. The van der Waals surface area contributed by atoms with Crippen molar-refractivity contribution in [2.75, 3.05) is 6.61 Å². The number of nitrogens with zero attached hydrogens (tertiary/aromatic N) is 1. The number of carbonyl (C=O) groups excluding carboxylic acids is 1. The number of hydrogen-bond donors (Lipinski definition) is 1. The molecule has 0 amide bonds. The van der Waals surface area contributed by atoms with Crippen LogP contribution in [-0.4, -0.2) is 23.1 Å². The molecule has 0 aliphatic carbocycles. The van der Waals surface area contributed by atoms with Crippen LogP contribution in [0.1, 0.15) is 25.8 Å². The molecule has 2 aromatic carbocycles. The number of rotatable bonds is 6. The summed E-state index contributed by atoms with van der Waals surface area (Å²) in [6.45, 7) is 3.87. The second-order valence-electron chi connectivity index (χ2n) is 7.15. The fourth-order valence-electron chi connectivity index (χ4n) is 3.22. The van der Waals surface area contributed by atoms with E-state index >= 15 is 0 Å². The van der Waals surface area contributed by atoms with Gasteiger partial charge >= 0.3 is 5.97 Å². The first-order valence-electron chi connectivity index (χ1n) is 9.07. The monoisotopic (exact) mass is 444 g/mol. The normalized spacial score (nSPS) is 13.3. The Morgan fingerprint density at radius 1 is 1.21 bits per heavy atom. The van der Waals surface area contributed by atoms with Crippen LogP contribution in [0.2, 0.25) is 0 Å². The zero-order valence-electron chi connectivity index (χ0n) is 15.8. The predicted octanol–water partition coefficient (Wildman–Crippen LogP) is 5.02. The zero-order valence-corrected chi connectivity index (χ0v) is 17.4. The smallest absolute Gasteiger partial charge is 0.307 e. The molecule has 0 saturated carbocycles. The van der Waals surface area contributed by atoms with Crippen molar-refractivity contribution in [3.8, 4) is 11.3 Å². The van der Waals surface area contributed by atoms with Crippen molar-refractivity contribution in [3.05, 3.63) is 64.4 Å². The highest BCUT2D eigenvalue weighted by Crippen LogP contribution is 2.29. The summed E-state index contributed by atoms with van der Waals surface area (Å²) >= 11 is 3.43. The summed E-state index contributed by atoms with van der Waals surface area (Å²) in [7, 11) is 0. The lowest BCUT2D eigenvalue weighted by Crippen LogP contribution is -2.41. The Hall–Kier alpha value is -2.31. The van der Waals surface area contributed by atoms with Crippen LogP contribution in [-0.2, 0) is 16.0 Å². The van der Waals surface area contributed by atoms with E-state index in [0.29, 0.717) is 23.9 Å². The van der Waals surface area contributed by atoms with E-state index in [-0.39, 0.29) is 18.2 Å². The lowest BCUT2D eigenvalue weighted by molar-refractivity contribution is -0.144. The van der Waals surface area contributed by atoms with Gasteiger partial charge in [-0.25, -0.2) is 9.37 Å². The van der Waals surface area contributed by atoms with Gasteiger partial charge in [0.1, 0.15) is 5.82 Å². The van der Waals surface area contributed by atoms with Crippen LogP contribution < -0.4 is 5.73 Å². The average molecular weight is 445 g/mol. The highest BCUT2D eigenvalue weighted by Gasteiger charge is 2.25. The Morgan fingerprint density at radius 2 is 1.93 bits per heavy atom. The van der Waals surface area contributed by atoms with Gasteiger partial charge in [-0.2, -0.15) is 0 Å². The summed E-state index contributed by atoms with van der Waals surface area (Å²) in [5.41, 5.74) is 8.81. The number of nitrogens with two attached hydrogens (primary N) is 1. The van der Waals surface area contributed by atoms with Gasteiger partial charge in [0.05, 0.1) is 24.2 Å². The largest absolute Gasteiger partial charge is 0.466 e. The maximum atomic E-state index is 13.9. The van der Waals surface area contributed by atoms with Crippen molar-refractivity contribution < 1.29 is 13.9 Å². The predicted molar refractivity (Wildman–Crippen MR) is 112 cm³/mol. The van der Waals surface area contributed by atoms with Crippen LogP contribution in [0.15, 0.2) is 53.0 Å². The van der Waals surface area contributed by atoms with Gasteiger partial charge in [0, 0.05) is 21.0 Å². The molecule has 0 bridgehead atoms. The van der Waals surface area contributed by atoms with E-state index in [1.807, 2.05) is 30.3 Å². The highest BCUT2D eigenvalue weighted by molar-refractivity contribution is 9.10. The molecule has 2 N–H and O–H groups in total. The second kappa shape index (κ2) is 8.37. The number of carbonyl (C=O) groups is 1. The molecule has 0 saturated heterocycles. The second-order valence-corrected chi connectivity index (χ2v) is 8.06. The minimum atomic E-state index is -0.830. The van der Waals surface area contributed by atoms with E-state index in [9.17, 15) is 9.18 Å². The van der Waals surface area contributed by atoms with Crippen molar-refractivity contribution in [2.45, 2.75) is 32.2 Å². The summed E-state index contributed by atoms with van der Waals surface area (Å²) in [5.74, 6) is -0.679. The van der Waals surface area contributed by atoms with Crippen LogP contribution in [0.3, 0.4) is 0 Å². The number of benzene rings is 2. The number of halogens is 2. The topological polar surface area (TPSA) is 65.2 Å². The summed E-state index contributed by atoms with van der Waals surface area (Å²) < 4.78 is 19.9. The zero-order chi connectivity index (χ0) is 20.3. The van der Waals surface area contributed by atoms with Gasteiger partial charge in [-0.15, -0.1) is 0 Å². The van der Waals surface area contributed by atoms with Gasteiger partial charge in [0.25, 0.3) is 0 Å². The van der Waals surface area contributed by atoms with E-state index in [2.05, 4.69) is 20.9 Å². The van der Waals surface area contributed by atoms with Crippen LogP contribution in [0.4, 0.5) is 4.39 Å². The van der Waals surface area contributed by atoms with Crippen LogP contribution in [0, 0.1) is 5.82 Å². The molecule has 1 atom stereocenters. The molecule has 3 aromatic rings. The SMILES string of the molecule is CCOC(=O)CC(C)(N)Cc1cc(-c2ccc(Br)cc2)nc2ccc(F)cc12. The molecular weight excluding hydrogens is 423 g/mol. The molecular formula is C22H22BrFN2O2. The maximum Gasteiger partial charge on any atom is 0.307 e. The van der Waals surface area contributed by atoms with E-state index < -0.39 is 5.54 Å². The quantitative estimate of drug-likeness (QED) is 0.542. The van der Waals surface area contributed by atoms with Crippen LogP contribution in [0.25, 0.3) is 22.2 Å². The number of esters is 1. The van der Waals surface area contributed by atoms with Crippen LogP contribution in [0.5, 0.6) is 0 Å². The first-order chi connectivity index (χ1) is 13.3. The molecule has 28 heavy (non-hydrogen) atoms. The summed E-state index contributed by atoms with van der Waals surface area (Å²) in [5, 5.41) is 0.696. The Labute approximate surface area is 172 Å². The number of hydrogen-bond acceptors (Lipinski definition) is 4. The molecule has 146 valence electrons. The molecule has 0 spiro atoms. The van der Waals surface area contributed by atoms with Gasteiger partial charge < -0.3 is 10.5 Å². The third kappa shape index (κ3) is 4.94. The number of ether oxygens (including phenoxy) is 1. The minimum Gasteiger partial charge on any atom is -0.466 e. The van der Waals surface area contributed by atoms with Gasteiger partial charge in [-0.05, 0) is 62.2 Å². The standard InChI is InChI=1S/C22H22BrFN2O2/c1-3-28-21(27)13-22(2,25)12-15-10-20(14-4-6-16(23)7-5-14)26-19-9-8-17(24)11-18(15)19/h4-11H,3,12-13,25H2,1-2H3. The van der Waals surface area contributed by atoms with E-state index in [4.69, 9.17) is 10.5 Å². The maximum absolute atomic E-state index is 13.9. The molecule has 3 rings (SSSR count). The van der Waals surface area contributed by atoms with Crippen molar-refractivity contribution in [2.24, 2.45) is 5.73 Å². The van der Waals surface area contributed by atoms with E-state index in [1.165, 1.54) is 12.1 Å². The van der Waals surface area contributed by atoms with Crippen LogP contribution >= 0.6 is 15.9 Å². The molecule has 1 unspecified atom stereocenters. The Balaban J connectivity index is 2.04. The van der Waals surface area contributed by atoms with E-state index in [0.717, 1.165) is 21.3 Å². The third-order valence-corrected chi connectivity index (χ3v) is 4.97. The Kier molecular flexibility index (Phi) is 6.10. The molecule has 0 fully saturated rings. The van der Waals surface area contributed by atoms with Gasteiger partial charge in [0.15, 0.2) is 0 Å². The van der Waals surface area contributed by atoms with Gasteiger partial charge in [0.2, 0.25) is 0 Å². The number of aromatic nitrogens is 1. The molecule has 6 heteroatoms. The van der Waals surface area contributed by atoms with Crippen molar-refractivity contribution in [1.29, 1.82) is 0 Å². The fraction of sp³-hybridized carbons (Fsp3) is 0.273. The molecule has 0 aliphatic rings. The first kappa shape index (κ1) is 20.4. The number of fused-ring (bicyclic) bond motifs is 1. The summed E-state index contributed by atoms with van der Waals surface area (Å²) in [6.07, 6.45) is 0.464. The molecule has 1 aromatic heterocycles. The Bertz CT molecular complexity index is 1000. The summed E-state index contributed by atoms with van der Waals surface area (Å²) in [6, 6.07) is 14.3. The lowest BCUT2D eigenvalue weighted by atomic mass is 9.88. The Morgan fingerprint density at radius 3 is 2.61 bits per heavy atom.